The first-order valence-electron chi connectivity index (χ1n) is 8.58. The van der Waals surface area contributed by atoms with Gasteiger partial charge >= 0.3 is 0 Å². The second kappa shape index (κ2) is 8.58. The van der Waals surface area contributed by atoms with Crippen molar-refractivity contribution < 1.29 is 17.9 Å². The van der Waals surface area contributed by atoms with Gasteiger partial charge < -0.3 is 10.1 Å². The molecule has 2 N–H and O–H groups in total. The van der Waals surface area contributed by atoms with E-state index in [1.54, 1.807) is 49.6 Å². The van der Waals surface area contributed by atoms with Crippen LogP contribution in [0.3, 0.4) is 0 Å². The highest BCUT2D eigenvalue weighted by atomic mass is 32.2. The van der Waals surface area contributed by atoms with Gasteiger partial charge in [-0.3, -0.25) is 9.52 Å². The van der Waals surface area contributed by atoms with Crippen LogP contribution < -0.4 is 14.8 Å². The molecule has 0 fully saturated rings. The summed E-state index contributed by atoms with van der Waals surface area (Å²) in [6, 6.07) is 21.8. The standard InChI is InChI=1S/C21H20N2O4S/c1-27-20-14-8-5-9-16(20)15-22-21(24)18-12-6-7-13-19(18)23-28(25,26)17-10-3-2-4-11-17/h2-14,23H,15H2,1H3,(H,22,24). The highest BCUT2D eigenvalue weighted by molar-refractivity contribution is 7.92. The summed E-state index contributed by atoms with van der Waals surface area (Å²) in [5.41, 5.74) is 1.27. The Bertz CT molecular complexity index is 1070. The topological polar surface area (TPSA) is 84.5 Å². The fourth-order valence-electron chi connectivity index (χ4n) is 2.69. The lowest BCUT2D eigenvalue weighted by Gasteiger charge is -2.13. The van der Waals surface area contributed by atoms with E-state index < -0.39 is 15.9 Å². The number of para-hydroxylation sites is 2. The van der Waals surface area contributed by atoms with Gasteiger partial charge in [0.05, 0.1) is 23.3 Å². The Morgan fingerprint density at radius 3 is 2.29 bits per heavy atom. The minimum Gasteiger partial charge on any atom is -0.496 e. The minimum absolute atomic E-state index is 0.124. The lowest BCUT2D eigenvalue weighted by atomic mass is 10.1. The first-order chi connectivity index (χ1) is 13.5. The Hall–Kier alpha value is -3.32. The summed E-state index contributed by atoms with van der Waals surface area (Å²) in [6.45, 7) is 0.253. The average molecular weight is 396 g/mol. The predicted octanol–water partition coefficient (Wildman–Crippen LogP) is 3.43. The zero-order valence-electron chi connectivity index (χ0n) is 15.3. The number of anilines is 1. The molecule has 0 aromatic heterocycles. The molecule has 6 nitrogen and oxygen atoms in total. The van der Waals surface area contributed by atoms with Crippen molar-refractivity contribution in [2.45, 2.75) is 11.4 Å². The van der Waals surface area contributed by atoms with Crippen molar-refractivity contribution >= 4 is 21.6 Å². The number of benzene rings is 3. The summed E-state index contributed by atoms with van der Waals surface area (Å²) in [6.07, 6.45) is 0. The predicted molar refractivity (Wildman–Crippen MR) is 108 cm³/mol. The number of sulfonamides is 1. The van der Waals surface area contributed by atoms with E-state index >= 15 is 0 Å². The van der Waals surface area contributed by atoms with Gasteiger partial charge in [-0.15, -0.1) is 0 Å². The number of amides is 1. The van der Waals surface area contributed by atoms with Crippen LogP contribution in [-0.4, -0.2) is 21.4 Å². The number of carbonyl (C=O) groups is 1. The lowest BCUT2D eigenvalue weighted by Crippen LogP contribution is -2.25. The number of hydrogen-bond acceptors (Lipinski definition) is 4. The number of rotatable bonds is 7. The molecule has 0 saturated heterocycles. The number of nitrogens with one attached hydrogen (secondary N) is 2. The smallest absolute Gasteiger partial charge is 0.261 e. The van der Waals surface area contributed by atoms with Crippen LogP contribution in [0, 0.1) is 0 Å². The summed E-state index contributed by atoms with van der Waals surface area (Å²) in [5, 5.41) is 2.80. The van der Waals surface area contributed by atoms with Crippen LogP contribution in [0.1, 0.15) is 15.9 Å². The van der Waals surface area contributed by atoms with E-state index in [-0.39, 0.29) is 22.7 Å². The second-order valence-electron chi connectivity index (χ2n) is 5.96. The molecule has 0 radical (unpaired) electrons. The Morgan fingerprint density at radius 2 is 1.54 bits per heavy atom. The molecule has 0 bridgehead atoms. The van der Waals surface area contributed by atoms with Crippen molar-refractivity contribution in [1.29, 1.82) is 0 Å². The summed E-state index contributed by atoms with van der Waals surface area (Å²) in [7, 11) is -2.23. The molecule has 3 aromatic carbocycles. The lowest BCUT2D eigenvalue weighted by molar-refractivity contribution is 0.0951. The van der Waals surface area contributed by atoms with E-state index in [4.69, 9.17) is 4.74 Å². The van der Waals surface area contributed by atoms with Gasteiger partial charge in [0.2, 0.25) is 0 Å². The third-order valence-corrected chi connectivity index (χ3v) is 5.48. The molecular formula is C21H20N2O4S. The Kier molecular flexibility index (Phi) is 5.96. The minimum atomic E-state index is -3.80. The molecule has 0 spiro atoms. The molecule has 0 saturated carbocycles. The highest BCUT2D eigenvalue weighted by Gasteiger charge is 2.18. The van der Waals surface area contributed by atoms with Gasteiger partial charge in [0.25, 0.3) is 15.9 Å². The molecule has 0 aliphatic carbocycles. The molecule has 3 rings (SSSR count). The number of ether oxygens (including phenoxy) is 1. The first kappa shape index (κ1) is 19.4. The molecule has 0 heterocycles. The van der Waals surface area contributed by atoms with E-state index in [1.165, 1.54) is 12.1 Å². The van der Waals surface area contributed by atoms with Gasteiger partial charge in [0.1, 0.15) is 5.75 Å². The summed E-state index contributed by atoms with van der Waals surface area (Å²) >= 11 is 0. The quantitative estimate of drug-likeness (QED) is 0.641. The zero-order chi connectivity index (χ0) is 20.0. The fraction of sp³-hybridized carbons (Fsp3) is 0.0952. The van der Waals surface area contributed by atoms with Crippen molar-refractivity contribution in [2.24, 2.45) is 0 Å². The van der Waals surface area contributed by atoms with Gasteiger partial charge in [-0.05, 0) is 30.3 Å². The number of hydrogen-bond donors (Lipinski definition) is 2. The molecule has 0 aliphatic heterocycles. The van der Waals surface area contributed by atoms with Crippen molar-refractivity contribution in [3.8, 4) is 5.75 Å². The van der Waals surface area contributed by atoms with E-state index in [2.05, 4.69) is 10.0 Å². The molecule has 0 atom stereocenters. The normalized spacial score (nSPS) is 10.9. The van der Waals surface area contributed by atoms with E-state index in [1.807, 2.05) is 24.3 Å². The molecule has 28 heavy (non-hydrogen) atoms. The maximum absolute atomic E-state index is 12.7. The monoisotopic (exact) mass is 396 g/mol. The molecular weight excluding hydrogens is 376 g/mol. The van der Waals surface area contributed by atoms with Crippen LogP contribution in [0.25, 0.3) is 0 Å². The van der Waals surface area contributed by atoms with Crippen LogP contribution in [-0.2, 0) is 16.6 Å². The summed E-state index contributed by atoms with van der Waals surface area (Å²) in [4.78, 5) is 12.8. The molecule has 3 aromatic rings. The molecule has 7 heteroatoms. The summed E-state index contributed by atoms with van der Waals surface area (Å²) < 4.78 is 32.9. The maximum atomic E-state index is 12.7. The van der Waals surface area contributed by atoms with Crippen LogP contribution >= 0.6 is 0 Å². The fourth-order valence-corrected chi connectivity index (χ4v) is 3.79. The molecule has 0 unspecified atom stereocenters. The van der Waals surface area contributed by atoms with Gasteiger partial charge in [-0.1, -0.05) is 48.5 Å². The maximum Gasteiger partial charge on any atom is 0.261 e. The van der Waals surface area contributed by atoms with Crippen molar-refractivity contribution in [2.75, 3.05) is 11.8 Å². The zero-order valence-corrected chi connectivity index (χ0v) is 16.1. The van der Waals surface area contributed by atoms with Gasteiger partial charge in [-0.25, -0.2) is 8.42 Å². The van der Waals surface area contributed by atoms with Crippen molar-refractivity contribution in [3.63, 3.8) is 0 Å². The Morgan fingerprint density at radius 1 is 0.893 bits per heavy atom. The first-order valence-corrected chi connectivity index (χ1v) is 10.1. The van der Waals surface area contributed by atoms with Crippen LogP contribution in [0.4, 0.5) is 5.69 Å². The van der Waals surface area contributed by atoms with Crippen LogP contribution in [0.2, 0.25) is 0 Å². The molecule has 1 amide bonds. The Balaban J connectivity index is 1.79. The van der Waals surface area contributed by atoms with Crippen molar-refractivity contribution in [3.05, 3.63) is 90.0 Å². The number of methoxy groups -OCH3 is 1. The molecule has 0 aliphatic rings. The van der Waals surface area contributed by atoms with E-state index in [9.17, 15) is 13.2 Å². The van der Waals surface area contributed by atoms with Crippen molar-refractivity contribution in [1.82, 2.24) is 5.32 Å². The van der Waals surface area contributed by atoms with E-state index in [0.29, 0.717) is 5.75 Å². The van der Waals surface area contributed by atoms with Gasteiger partial charge in [0, 0.05) is 12.1 Å². The summed E-state index contributed by atoms with van der Waals surface area (Å²) in [5.74, 6) is 0.276. The number of carbonyl (C=O) groups excluding carboxylic acids is 1. The van der Waals surface area contributed by atoms with Gasteiger partial charge in [0.15, 0.2) is 0 Å². The highest BCUT2D eigenvalue weighted by Crippen LogP contribution is 2.21. The van der Waals surface area contributed by atoms with Gasteiger partial charge in [-0.2, -0.15) is 0 Å². The Labute approximate surface area is 164 Å². The third kappa shape index (κ3) is 4.50. The average Bonchev–Trinajstić information content (AvgIpc) is 2.73. The SMILES string of the molecule is COc1ccccc1CNC(=O)c1ccccc1NS(=O)(=O)c1ccccc1. The molecule has 144 valence electrons. The van der Waals surface area contributed by atoms with Crippen LogP contribution in [0.5, 0.6) is 5.75 Å². The largest absolute Gasteiger partial charge is 0.496 e. The second-order valence-corrected chi connectivity index (χ2v) is 7.64. The van der Waals surface area contributed by atoms with Crippen LogP contribution in [0.15, 0.2) is 83.8 Å². The third-order valence-electron chi connectivity index (χ3n) is 4.10. The van der Waals surface area contributed by atoms with E-state index in [0.717, 1.165) is 5.56 Å².